The predicted octanol–water partition coefficient (Wildman–Crippen LogP) is 5.59. The number of halogens is 3. The molecule has 1 N–H and O–H groups in total. The zero-order valence-electron chi connectivity index (χ0n) is 12.1. The molecule has 1 unspecified atom stereocenters. The first kappa shape index (κ1) is 16.9. The average Bonchev–Trinajstić information content (AvgIpc) is 2.47. The average molecular weight is 462 g/mol. The molecule has 0 fully saturated rings. The number of rotatable bonds is 5. The monoisotopic (exact) mass is 461 g/mol. The first-order chi connectivity index (χ1) is 10.1. The Labute approximate surface area is 147 Å². The summed E-state index contributed by atoms with van der Waals surface area (Å²) in [6.45, 7) is 5.04. The third-order valence-electron chi connectivity index (χ3n) is 3.42. The highest BCUT2D eigenvalue weighted by Gasteiger charge is 2.21. The van der Waals surface area contributed by atoms with E-state index in [0.717, 1.165) is 18.5 Å². The van der Waals surface area contributed by atoms with Crippen molar-refractivity contribution in [2.45, 2.75) is 26.3 Å². The van der Waals surface area contributed by atoms with E-state index in [1.165, 1.54) is 9.13 Å². The maximum atomic E-state index is 14.5. The normalized spacial score (nSPS) is 12.4. The van der Waals surface area contributed by atoms with Crippen LogP contribution in [0.1, 0.15) is 36.1 Å². The standard InChI is InChI=1S/C17H18BrFIN/c1-3-10-21-17(12-7-5-9-14(18)15(12)19)13-8-4-6-11(2)16(13)20/h4-9,17,21H,3,10H2,1-2H3. The van der Waals surface area contributed by atoms with Crippen LogP contribution in [0.2, 0.25) is 0 Å². The summed E-state index contributed by atoms with van der Waals surface area (Å²) in [6, 6.07) is 11.5. The van der Waals surface area contributed by atoms with Crippen molar-refractivity contribution < 1.29 is 4.39 Å². The first-order valence-corrected chi connectivity index (χ1v) is 8.85. The maximum Gasteiger partial charge on any atom is 0.142 e. The molecule has 0 bridgehead atoms. The second-order valence-corrected chi connectivity index (χ2v) is 6.94. The largest absolute Gasteiger partial charge is 0.306 e. The lowest BCUT2D eigenvalue weighted by Gasteiger charge is -2.22. The smallest absolute Gasteiger partial charge is 0.142 e. The lowest BCUT2D eigenvalue weighted by Crippen LogP contribution is -2.25. The van der Waals surface area contributed by atoms with Crippen molar-refractivity contribution in [2.75, 3.05) is 6.54 Å². The Balaban J connectivity index is 2.52. The van der Waals surface area contributed by atoms with Gasteiger partial charge in [-0.25, -0.2) is 4.39 Å². The van der Waals surface area contributed by atoms with E-state index in [0.29, 0.717) is 10.0 Å². The summed E-state index contributed by atoms with van der Waals surface area (Å²) < 4.78 is 16.2. The number of nitrogens with one attached hydrogen (secondary N) is 1. The van der Waals surface area contributed by atoms with Crippen LogP contribution in [0.3, 0.4) is 0 Å². The summed E-state index contributed by atoms with van der Waals surface area (Å²) in [5.41, 5.74) is 3.02. The predicted molar refractivity (Wildman–Crippen MR) is 98.1 cm³/mol. The fraction of sp³-hybridized carbons (Fsp3) is 0.294. The summed E-state index contributed by atoms with van der Waals surface area (Å²) in [4.78, 5) is 0. The Kier molecular flexibility index (Phi) is 6.20. The zero-order valence-corrected chi connectivity index (χ0v) is 15.8. The molecule has 2 aromatic carbocycles. The lowest BCUT2D eigenvalue weighted by molar-refractivity contribution is 0.542. The van der Waals surface area contributed by atoms with Gasteiger partial charge in [0.1, 0.15) is 5.82 Å². The van der Waals surface area contributed by atoms with Gasteiger partial charge >= 0.3 is 0 Å². The van der Waals surface area contributed by atoms with Crippen LogP contribution in [0.4, 0.5) is 4.39 Å². The van der Waals surface area contributed by atoms with Gasteiger partial charge in [-0.1, -0.05) is 37.3 Å². The topological polar surface area (TPSA) is 12.0 Å². The van der Waals surface area contributed by atoms with E-state index in [1.54, 1.807) is 6.07 Å². The van der Waals surface area contributed by atoms with Crippen LogP contribution in [-0.2, 0) is 0 Å². The summed E-state index contributed by atoms with van der Waals surface area (Å²) in [5, 5.41) is 3.47. The molecular weight excluding hydrogens is 444 g/mol. The second-order valence-electron chi connectivity index (χ2n) is 5.01. The minimum absolute atomic E-state index is 0.130. The van der Waals surface area contributed by atoms with Crippen LogP contribution in [0.15, 0.2) is 40.9 Å². The van der Waals surface area contributed by atoms with E-state index in [2.05, 4.69) is 69.8 Å². The van der Waals surface area contributed by atoms with Crippen molar-refractivity contribution in [3.63, 3.8) is 0 Å². The Hall–Kier alpha value is -0.460. The molecule has 1 nitrogen and oxygen atoms in total. The molecule has 1 atom stereocenters. The van der Waals surface area contributed by atoms with E-state index < -0.39 is 0 Å². The highest BCUT2D eigenvalue weighted by atomic mass is 127. The molecule has 21 heavy (non-hydrogen) atoms. The minimum Gasteiger partial charge on any atom is -0.306 e. The minimum atomic E-state index is -0.191. The Morgan fingerprint density at radius 1 is 1.19 bits per heavy atom. The van der Waals surface area contributed by atoms with E-state index in [-0.39, 0.29) is 11.9 Å². The molecule has 0 spiro atoms. The second kappa shape index (κ2) is 7.70. The zero-order chi connectivity index (χ0) is 15.4. The van der Waals surface area contributed by atoms with Crippen molar-refractivity contribution in [1.82, 2.24) is 5.32 Å². The van der Waals surface area contributed by atoms with E-state index >= 15 is 0 Å². The van der Waals surface area contributed by atoms with Crippen molar-refractivity contribution in [3.8, 4) is 0 Å². The van der Waals surface area contributed by atoms with Crippen LogP contribution >= 0.6 is 38.5 Å². The van der Waals surface area contributed by atoms with Gasteiger partial charge in [0.15, 0.2) is 0 Å². The molecule has 0 aromatic heterocycles. The Bertz CT molecular complexity index is 579. The van der Waals surface area contributed by atoms with Gasteiger partial charge in [-0.2, -0.15) is 0 Å². The van der Waals surface area contributed by atoms with E-state index in [1.807, 2.05) is 18.2 Å². The molecule has 112 valence electrons. The molecular formula is C17H18BrFIN. The van der Waals surface area contributed by atoms with Crippen LogP contribution < -0.4 is 5.32 Å². The van der Waals surface area contributed by atoms with Gasteiger partial charge in [-0.3, -0.25) is 0 Å². The Morgan fingerprint density at radius 2 is 1.86 bits per heavy atom. The van der Waals surface area contributed by atoms with E-state index in [9.17, 15) is 4.39 Å². The third-order valence-corrected chi connectivity index (χ3v) is 5.51. The molecule has 2 aromatic rings. The molecule has 0 aliphatic carbocycles. The van der Waals surface area contributed by atoms with Gasteiger partial charge in [0.05, 0.1) is 10.5 Å². The summed E-state index contributed by atoms with van der Waals surface area (Å²) in [5.74, 6) is -0.191. The third kappa shape index (κ3) is 3.85. The van der Waals surface area contributed by atoms with Crippen molar-refractivity contribution >= 4 is 38.5 Å². The Morgan fingerprint density at radius 3 is 2.57 bits per heavy atom. The van der Waals surface area contributed by atoms with Gasteiger partial charge < -0.3 is 5.32 Å². The van der Waals surface area contributed by atoms with E-state index in [4.69, 9.17) is 0 Å². The molecule has 0 aliphatic rings. The summed E-state index contributed by atoms with van der Waals surface area (Å²) >= 11 is 5.63. The maximum absolute atomic E-state index is 14.5. The molecule has 0 heterocycles. The fourth-order valence-electron chi connectivity index (χ4n) is 2.31. The SMILES string of the molecule is CCCNC(c1cccc(Br)c1F)c1cccc(C)c1I. The van der Waals surface area contributed by atoms with Gasteiger partial charge in [-0.05, 0) is 75.6 Å². The van der Waals surface area contributed by atoms with Crippen LogP contribution in [0, 0.1) is 16.3 Å². The van der Waals surface area contributed by atoms with Crippen molar-refractivity contribution in [1.29, 1.82) is 0 Å². The van der Waals surface area contributed by atoms with Gasteiger partial charge in [0, 0.05) is 9.13 Å². The number of hydrogen-bond acceptors (Lipinski definition) is 1. The molecule has 4 heteroatoms. The highest BCUT2D eigenvalue weighted by molar-refractivity contribution is 14.1. The van der Waals surface area contributed by atoms with Crippen LogP contribution in [-0.4, -0.2) is 6.54 Å². The lowest BCUT2D eigenvalue weighted by atomic mass is 9.96. The molecule has 0 aliphatic heterocycles. The van der Waals surface area contributed by atoms with Crippen LogP contribution in [0.25, 0.3) is 0 Å². The molecule has 0 radical (unpaired) electrons. The van der Waals surface area contributed by atoms with Crippen LogP contribution in [0.5, 0.6) is 0 Å². The number of hydrogen-bond donors (Lipinski definition) is 1. The van der Waals surface area contributed by atoms with Crippen molar-refractivity contribution in [3.05, 3.63) is 66.9 Å². The number of aryl methyl sites for hydroxylation is 1. The fourth-order valence-corrected chi connectivity index (χ4v) is 3.37. The molecule has 0 saturated heterocycles. The van der Waals surface area contributed by atoms with Gasteiger partial charge in [0.2, 0.25) is 0 Å². The van der Waals surface area contributed by atoms with Gasteiger partial charge in [0.25, 0.3) is 0 Å². The highest BCUT2D eigenvalue weighted by Crippen LogP contribution is 2.31. The van der Waals surface area contributed by atoms with Crippen molar-refractivity contribution in [2.24, 2.45) is 0 Å². The molecule has 0 saturated carbocycles. The quantitative estimate of drug-likeness (QED) is 0.572. The first-order valence-electron chi connectivity index (χ1n) is 6.98. The summed E-state index contributed by atoms with van der Waals surface area (Å²) in [7, 11) is 0. The number of benzene rings is 2. The molecule has 0 amide bonds. The molecule has 2 rings (SSSR count). The summed E-state index contributed by atoms with van der Waals surface area (Å²) in [6.07, 6.45) is 1.01. The van der Waals surface area contributed by atoms with Gasteiger partial charge in [-0.15, -0.1) is 0 Å².